The Bertz CT molecular complexity index is 1500. The van der Waals surface area contributed by atoms with Gasteiger partial charge in [-0.3, -0.25) is 4.98 Å². The fourth-order valence-electron chi connectivity index (χ4n) is 5.95. The van der Waals surface area contributed by atoms with E-state index in [1.54, 1.807) is 60.9 Å². The zero-order valence-electron chi connectivity index (χ0n) is 24.5. The zero-order chi connectivity index (χ0) is 31.9. The maximum Gasteiger partial charge on any atom is 0.416 e. The van der Waals surface area contributed by atoms with Crippen LogP contribution in [-0.4, -0.2) is 58.7 Å². The molecule has 0 bridgehead atoms. The van der Waals surface area contributed by atoms with Crippen molar-refractivity contribution in [2.45, 2.75) is 44.5 Å². The third-order valence-electron chi connectivity index (χ3n) is 7.94. The van der Waals surface area contributed by atoms with Crippen molar-refractivity contribution in [3.8, 4) is 0 Å². The van der Waals surface area contributed by atoms with Gasteiger partial charge in [0.2, 0.25) is 0 Å². The average Bonchev–Trinajstić information content (AvgIpc) is 3.52. The second-order valence-corrected chi connectivity index (χ2v) is 12.8. The highest BCUT2D eigenvalue weighted by atomic mass is 35.5. The molecule has 234 valence electrons. The summed E-state index contributed by atoms with van der Waals surface area (Å²) in [6.07, 6.45) is -3.94. The molecule has 3 amide bonds. The van der Waals surface area contributed by atoms with Crippen LogP contribution >= 0.6 is 11.6 Å². The van der Waals surface area contributed by atoms with Gasteiger partial charge in [0.05, 0.1) is 16.3 Å². The second kappa shape index (κ2) is 11.9. The van der Waals surface area contributed by atoms with Gasteiger partial charge in [0, 0.05) is 50.6 Å². The van der Waals surface area contributed by atoms with Crippen molar-refractivity contribution >= 4 is 23.7 Å². The molecular weight excluding hydrogens is 600 g/mol. The molecule has 3 heterocycles. The van der Waals surface area contributed by atoms with E-state index in [2.05, 4.69) is 10.3 Å². The Balaban J connectivity index is 1.50. The van der Waals surface area contributed by atoms with E-state index in [1.807, 2.05) is 0 Å². The lowest BCUT2D eigenvalue weighted by molar-refractivity contribution is -0.137. The van der Waals surface area contributed by atoms with Gasteiger partial charge in [-0.05, 0) is 62.2 Å². The number of carbonyl (C=O) groups is 2. The summed E-state index contributed by atoms with van der Waals surface area (Å²) in [5.74, 6) is -1.11. The van der Waals surface area contributed by atoms with Crippen LogP contribution in [0.3, 0.4) is 0 Å². The highest BCUT2D eigenvalue weighted by Gasteiger charge is 2.47. The molecule has 3 aromatic rings. The number of rotatable bonds is 5. The van der Waals surface area contributed by atoms with Crippen molar-refractivity contribution in [2.24, 2.45) is 11.8 Å². The van der Waals surface area contributed by atoms with Crippen molar-refractivity contribution in [1.82, 2.24) is 20.1 Å². The topological polar surface area (TPSA) is 74.8 Å². The van der Waals surface area contributed by atoms with Crippen molar-refractivity contribution < 1.29 is 31.9 Å². The second-order valence-electron chi connectivity index (χ2n) is 12.4. The minimum atomic E-state index is -4.83. The largest absolute Gasteiger partial charge is 0.444 e. The zero-order valence-corrected chi connectivity index (χ0v) is 25.3. The van der Waals surface area contributed by atoms with E-state index in [1.165, 1.54) is 18.3 Å². The van der Waals surface area contributed by atoms with E-state index in [4.69, 9.17) is 16.3 Å². The standard InChI is InChI=1S/C32H33ClF4N4O3/c1-30(2,3)44-29(43)41-18-21-16-40(17-22(21)19-41)28(42)39-31(14-20-7-5-4-6-8-20,27-10-9-25(33)15-38-27)23-11-24(32(35,36)37)13-26(34)12-23/h4-13,15,21-22H,14,16-19H2,1-3H3,(H,39,42)/t21?,22?,31-/m1/s1. The fraction of sp³-hybridized carbons (Fsp3) is 0.406. The van der Waals surface area contributed by atoms with Crippen LogP contribution in [0.25, 0.3) is 0 Å². The summed E-state index contributed by atoms with van der Waals surface area (Å²) in [5, 5.41) is 3.26. The predicted octanol–water partition coefficient (Wildman–Crippen LogP) is 6.89. The normalized spacial score (nSPS) is 19.8. The molecule has 2 saturated heterocycles. The van der Waals surface area contributed by atoms with Crippen LogP contribution in [0.4, 0.5) is 27.2 Å². The van der Waals surface area contributed by atoms with Crippen LogP contribution in [-0.2, 0) is 22.9 Å². The SMILES string of the molecule is CC(C)(C)OC(=O)N1CC2CN(C(=O)N[C@](Cc3ccccc3)(c3cc(F)cc(C(F)(F)F)c3)c3ccc(Cl)cn3)CC2C1. The van der Waals surface area contributed by atoms with Gasteiger partial charge in [-0.1, -0.05) is 41.9 Å². The number of nitrogens with zero attached hydrogens (tertiary/aromatic N) is 3. The first kappa shape index (κ1) is 31.6. The number of carbonyl (C=O) groups excluding carboxylic acids is 2. The summed E-state index contributed by atoms with van der Waals surface area (Å²) in [4.78, 5) is 34.3. The van der Waals surface area contributed by atoms with Crippen LogP contribution in [0.1, 0.15) is 43.2 Å². The molecule has 0 aliphatic carbocycles. The number of hydrogen-bond donors (Lipinski definition) is 1. The van der Waals surface area contributed by atoms with Gasteiger partial charge in [-0.2, -0.15) is 13.2 Å². The van der Waals surface area contributed by atoms with E-state index in [9.17, 15) is 27.2 Å². The van der Waals surface area contributed by atoms with Gasteiger partial charge in [-0.15, -0.1) is 0 Å². The summed E-state index contributed by atoms with van der Waals surface area (Å²) >= 11 is 6.11. The van der Waals surface area contributed by atoms with E-state index in [-0.39, 0.29) is 34.5 Å². The smallest absolute Gasteiger partial charge is 0.416 e. The van der Waals surface area contributed by atoms with Crippen LogP contribution in [0, 0.1) is 17.7 Å². The molecule has 0 saturated carbocycles. The number of aromatic nitrogens is 1. The summed E-state index contributed by atoms with van der Waals surface area (Å²) in [7, 11) is 0. The quantitative estimate of drug-likeness (QED) is 0.311. The molecule has 1 N–H and O–H groups in total. The maximum atomic E-state index is 14.9. The number of ether oxygens (including phenoxy) is 1. The molecule has 0 spiro atoms. The molecule has 7 nitrogen and oxygen atoms in total. The molecule has 2 fully saturated rings. The predicted molar refractivity (Wildman–Crippen MR) is 156 cm³/mol. The Morgan fingerprint density at radius 3 is 2.11 bits per heavy atom. The maximum absolute atomic E-state index is 14.9. The molecule has 44 heavy (non-hydrogen) atoms. The monoisotopic (exact) mass is 632 g/mol. The molecule has 0 radical (unpaired) electrons. The van der Waals surface area contributed by atoms with Crippen LogP contribution in [0.5, 0.6) is 0 Å². The lowest BCUT2D eigenvalue weighted by atomic mass is 9.79. The van der Waals surface area contributed by atoms with Crippen LogP contribution in [0.2, 0.25) is 5.02 Å². The average molecular weight is 633 g/mol. The number of alkyl halides is 3. The number of hydrogen-bond acceptors (Lipinski definition) is 4. The highest BCUT2D eigenvalue weighted by molar-refractivity contribution is 6.30. The third kappa shape index (κ3) is 6.93. The van der Waals surface area contributed by atoms with Gasteiger partial charge in [0.15, 0.2) is 0 Å². The minimum absolute atomic E-state index is 0.00329. The van der Waals surface area contributed by atoms with E-state index in [0.717, 1.165) is 12.1 Å². The Morgan fingerprint density at radius 2 is 1.55 bits per heavy atom. The Labute approximate surface area is 258 Å². The Morgan fingerprint density at radius 1 is 0.932 bits per heavy atom. The summed E-state index contributed by atoms with van der Waals surface area (Å²) < 4.78 is 62.1. The molecule has 1 aromatic heterocycles. The summed E-state index contributed by atoms with van der Waals surface area (Å²) in [5.41, 5.74) is -2.78. The molecule has 2 unspecified atom stereocenters. The van der Waals surface area contributed by atoms with Gasteiger partial charge < -0.3 is 19.9 Å². The summed E-state index contributed by atoms with van der Waals surface area (Å²) in [6.45, 7) is 6.85. The first-order valence-electron chi connectivity index (χ1n) is 14.2. The summed E-state index contributed by atoms with van der Waals surface area (Å²) in [6, 6.07) is 13.6. The number of amides is 3. The van der Waals surface area contributed by atoms with Crippen molar-refractivity contribution in [2.75, 3.05) is 26.2 Å². The first-order chi connectivity index (χ1) is 20.6. The van der Waals surface area contributed by atoms with E-state index < -0.39 is 40.8 Å². The Hall–Kier alpha value is -3.86. The molecule has 5 rings (SSSR count). The van der Waals surface area contributed by atoms with Gasteiger partial charge >= 0.3 is 18.3 Å². The van der Waals surface area contributed by atoms with Crippen molar-refractivity contribution in [1.29, 1.82) is 0 Å². The van der Waals surface area contributed by atoms with Gasteiger partial charge in [0.25, 0.3) is 0 Å². The highest BCUT2D eigenvalue weighted by Crippen LogP contribution is 2.39. The van der Waals surface area contributed by atoms with Crippen molar-refractivity contribution in [3.63, 3.8) is 0 Å². The van der Waals surface area contributed by atoms with Crippen LogP contribution < -0.4 is 5.32 Å². The fourth-order valence-corrected chi connectivity index (χ4v) is 6.06. The van der Waals surface area contributed by atoms with E-state index >= 15 is 0 Å². The number of pyridine rings is 1. The lowest BCUT2D eigenvalue weighted by Crippen LogP contribution is -2.53. The van der Waals surface area contributed by atoms with Crippen LogP contribution in [0.15, 0.2) is 66.9 Å². The van der Waals surface area contributed by atoms with Gasteiger partial charge in [0.1, 0.15) is 17.0 Å². The van der Waals surface area contributed by atoms with Gasteiger partial charge in [-0.25, -0.2) is 14.0 Å². The molecule has 12 heteroatoms. The number of halogens is 5. The Kier molecular flexibility index (Phi) is 8.54. The molecule has 2 aliphatic rings. The number of benzene rings is 2. The number of nitrogens with one attached hydrogen (secondary N) is 1. The first-order valence-corrected chi connectivity index (χ1v) is 14.6. The molecule has 3 atom stereocenters. The number of fused-ring (bicyclic) bond motifs is 1. The van der Waals surface area contributed by atoms with E-state index in [0.29, 0.717) is 37.8 Å². The molecular formula is C32H33ClF4N4O3. The third-order valence-corrected chi connectivity index (χ3v) is 8.16. The molecule has 2 aromatic carbocycles. The number of urea groups is 1. The number of likely N-dealkylation sites (tertiary alicyclic amines) is 2. The lowest BCUT2D eigenvalue weighted by Gasteiger charge is -2.37. The minimum Gasteiger partial charge on any atom is -0.444 e. The van der Waals surface area contributed by atoms with Crippen molar-refractivity contribution in [3.05, 3.63) is 100 Å². The molecule has 2 aliphatic heterocycles.